The molecule has 2 rings (SSSR count). The van der Waals surface area contributed by atoms with Crippen molar-refractivity contribution in [1.82, 2.24) is 10.6 Å². The third-order valence-corrected chi connectivity index (χ3v) is 4.27. The third kappa shape index (κ3) is 5.62. The van der Waals surface area contributed by atoms with E-state index in [-0.39, 0.29) is 24.9 Å². The summed E-state index contributed by atoms with van der Waals surface area (Å²) in [5.41, 5.74) is 1.19. The highest BCUT2D eigenvalue weighted by molar-refractivity contribution is 9.10. The molecule has 2 aromatic rings. The van der Waals surface area contributed by atoms with Crippen molar-refractivity contribution in [2.45, 2.75) is 6.54 Å². The molecule has 0 aromatic heterocycles. The Morgan fingerprint density at radius 3 is 2.22 bits per heavy atom. The van der Waals surface area contributed by atoms with Crippen LogP contribution in [0.4, 0.5) is 0 Å². The fourth-order valence-electron chi connectivity index (χ4n) is 2.38. The van der Waals surface area contributed by atoms with Crippen molar-refractivity contribution in [3.05, 3.63) is 52.0 Å². The standard InChI is InChI=1S/C19H21BrN2O5/c1-25-15-7-5-14(20)8-13(15)10-21-18(23)11-22-19(24)12-4-6-16(26-2)17(9-12)27-3/h4-9H,10-11H2,1-3H3,(H,21,23)(H,22,24). The van der Waals surface area contributed by atoms with Crippen LogP contribution in [0, 0.1) is 0 Å². The van der Waals surface area contributed by atoms with Crippen LogP contribution in [0.5, 0.6) is 17.2 Å². The summed E-state index contributed by atoms with van der Waals surface area (Å²) in [6, 6.07) is 10.3. The molecule has 27 heavy (non-hydrogen) atoms. The van der Waals surface area contributed by atoms with Crippen molar-refractivity contribution in [3.63, 3.8) is 0 Å². The Kier molecular flexibility index (Phi) is 7.48. The smallest absolute Gasteiger partial charge is 0.251 e. The number of benzene rings is 2. The van der Waals surface area contributed by atoms with Gasteiger partial charge in [-0.05, 0) is 36.4 Å². The summed E-state index contributed by atoms with van der Waals surface area (Å²) in [5.74, 6) is 0.941. The summed E-state index contributed by atoms with van der Waals surface area (Å²) in [4.78, 5) is 24.3. The van der Waals surface area contributed by atoms with Crippen molar-refractivity contribution in [2.24, 2.45) is 0 Å². The van der Waals surface area contributed by atoms with Crippen LogP contribution in [-0.4, -0.2) is 39.7 Å². The fourth-order valence-corrected chi connectivity index (χ4v) is 2.79. The zero-order chi connectivity index (χ0) is 19.8. The lowest BCUT2D eigenvalue weighted by atomic mass is 10.2. The van der Waals surface area contributed by atoms with E-state index in [1.807, 2.05) is 18.2 Å². The van der Waals surface area contributed by atoms with Crippen molar-refractivity contribution in [3.8, 4) is 17.2 Å². The first-order chi connectivity index (χ1) is 13.0. The first-order valence-electron chi connectivity index (χ1n) is 8.07. The second-order valence-electron chi connectivity index (χ2n) is 5.49. The molecule has 0 saturated heterocycles. The van der Waals surface area contributed by atoms with Crippen LogP contribution in [0.25, 0.3) is 0 Å². The second kappa shape index (κ2) is 9.82. The number of ether oxygens (including phenoxy) is 3. The summed E-state index contributed by atoms with van der Waals surface area (Å²) in [6.45, 7) is 0.136. The maximum absolute atomic E-state index is 12.2. The fraction of sp³-hybridized carbons (Fsp3) is 0.263. The van der Waals surface area contributed by atoms with Gasteiger partial charge in [0.1, 0.15) is 5.75 Å². The van der Waals surface area contributed by atoms with Crippen molar-refractivity contribution < 1.29 is 23.8 Å². The third-order valence-electron chi connectivity index (χ3n) is 3.77. The molecule has 7 nitrogen and oxygen atoms in total. The molecule has 2 aromatic carbocycles. The van der Waals surface area contributed by atoms with Crippen LogP contribution in [0.15, 0.2) is 40.9 Å². The number of amides is 2. The molecule has 0 aliphatic rings. The quantitative estimate of drug-likeness (QED) is 0.663. The Morgan fingerprint density at radius 2 is 1.56 bits per heavy atom. The molecule has 2 N–H and O–H groups in total. The molecular weight excluding hydrogens is 416 g/mol. The van der Waals surface area contributed by atoms with Crippen molar-refractivity contribution in [1.29, 1.82) is 0 Å². The normalized spacial score (nSPS) is 10.1. The molecule has 0 bridgehead atoms. The van der Waals surface area contributed by atoms with Crippen LogP contribution < -0.4 is 24.8 Å². The van der Waals surface area contributed by atoms with Gasteiger partial charge < -0.3 is 24.8 Å². The average molecular weight is 437 g/mol. The number of carbonyl (C=O) groups is 2. The molecule has 0 heterocycles. The predicted octanol–water partition coefficient (Wildman–Crippen LogP) is 2.52. The minimum Gasteiger partial charge on any atom is -0.496 e. The average Bonchev–Trinajstić information content (AvgIpc) is 2.69. The molecule has 0 unspecified atom stereocenters. The Morgan fingerprint density at radius 1 is 0.889 bits per heavy atom. The van der Waals surface area contributed by atoms with E-state index in [1.165, 1.54) is 14.2 Å². The molecule has 8 heteroatoms. The van der Waals surface area contributed by atoms with Crippen LogP contribution >= 0.6 is 15.9 Å². The first-order valence-corrected chi connectivity index (χ1v) is 8.87. The van der Waals surface area contributed by atoms with Crippen molar-refractivity contribution >= 4 is 27.7 Å². The van der Waals surface area contributed by atoms with Gasteiger partial charge in [-0.25, -0.2) is 0 Å². The van der Waals surface area contributed by atoms with E-state index in [0.29, 0.717) is 22.8 Å². The van der Waals surface area contributed by atoms with Crippen LogP contribution in [0.3, 0.4) is 0 Å². The van der Waals surface area contributed by atoms with E-state index < -0.39 is 0 Å². The number of hydrogen-bond donors (Lipinski definition) is 2. The van der Waals surface area contributed by atoms with Gasteiger partial charge in [-0.15, -0.1) is 0 Å². The minimum atomic E-state index is -0.383. The number of carbonyl (C=O) groups excluding carboxylic acids is 2. The molecule has 144 valence electrons. The monoisotopic (exact) mass is 436 g/mol. The van der Waals surface area contributed by atoms with Gasteiger partial charge in [0.05, 0.1) is 27.9 Å². The van der Waals surface area contributed by atoms with E-state index in [0.717, 1.165) is 10.0 Å². The van der Waals surface area contributed by atoms with Gasteiger partial charge in [-0.2, -0.15) is 0 Å². The van der Waals surface area contributed by atoms with Gasteiger partial charge in [0.15, 0.2) is 11.5 Å². The zero-order valence-corrected chi connectivity index (χ0v) is 16.9. The van der Waals surface area contributed by atoms with Gasteiger partial charge in [-0.1, -0.05) is 15.9 Å². The van der Waals surface area contributed by atoms with Gasteiger partial charge in [0.25, 0.3) is 5.91 Å². The Balaban J connectivity index is 1.90. The highest BCUT2D eigenvalue weighted by Crippen LogP contribution is 2.27. The summed E-state index contributed by atoms with van der Waals surface area (Å²) >= 11 is 3.39. The summed E-state index contributed by atoms with van der Waals surface area (Å²) < 4.78 is 16.5. The highest BCUT2D eigenvalue weighted by atomic mass is 79.9. The molecule has 0 aliphatic heterocycles. The van der Waals surface area contributed by atoms with E-state index in [9.17, 15) is 9.59 Å². The summed E-state index contributed by atoms with van der Waals surface area (Å²) in [7, 11) is 4.57. The molecule has 0 fully saturated rings. The Hall–Kier alpha value is -2.74. The molecule has 0 radical (unpaired) electrons. The topological polar surface area (TPSA) is 85.9 Å². The number of rotatable bonds is 8. The number of halogens is 1. The predicted molar refractivity (Wildman–Crippen MR) is 104 cm³/mol. The van der Waals surface area contributed by atoms with E-state index >= 15 is 0 Å². The first kappa shape index (κ1) is 20.6. The maximum atomic E-state index is 12.2. The highest BCUT2D eigenvalue weighted by Gasteiger charge is 2.12. The number of hydrogen-bond acceptors (Lipinski definition) is 5. The maximum Gasteiger partial charge on any atom is 0.251 e. The summed E-state index contributed by atoms with van der Waals surface area (Å²) in [5, 5.41) is 5.33. The number of methoxy groups -OCH3 is 3. The van der Waals surface area contributed by atoms with E-state index in [2.05, 4.69) is 26.6 Å². The van der Waals surface area contributed by atoms with Gasteiger partial charge >= 0.3 is 0 Å². The van der Waals surface area contributed by atoms with Gasteiger partial charge in [0, 0.05) is 22.1 Å². The molecule has 0 atom stereocenters. The SMILES string of the molecule is COc1ccc(Br)cc1CNC(=O)CNC(=O)c1ccc(OC)c(OC)c1. The van der Waals surface area contributed by atoms with E-state index in [4.69, 9.17) is 14.2 Å². The zero-order valence-electron chi connectivity index (χ0n) is 15.3. The molecule has 0 saturated carbocycles. The minimum absolute atomic E-state index is 0.149. The molecule has 0 aliphatic carbocycles. The van der Waals surface area contributed by atoms with Crippen LogP contribution in [-0.2, 0) is 11.3 Å². The van der Waals surface area contributed by atoms with Crippen LogP contribution in [0.1, 0.15) is 15.9 Å². The lowest BCUT2D eigenvalue weighted by Gasteiger charge is -2.11. The Bertz CT molecular complexity index is 826. The largest absolute Gasteiger partial charge is 0.496 e. The Labute approximate surface area is 166 Å². The molecule has 0 spiro atoms. The number of nitrogens with one attached hydrogen (secondary N) is 2. The summed E-state index contributed by atoms with van der Waals surface area (Å²) in [6.07, 6.45) is 0. The molecule has 2 amide bonds. The molecular formula is C19H21BrN2O5. The lowest BCUT2D eigenvalue weighted by Crippen LogP contribution is -2.36. The van der Waals surface area contributed by atoms with Gasteiger partial charge in [-0.3, -0.25) is 9.59 Å². The van der Waals surface area contributed by atoms with Crippen LogP contribution in [0.2, 0.25) is 0 Å². The second-order valence-corrected chi connectivity index (χ2v) is 6.40. The van der Waals surface area contributed by atoms with Gasteiger partial charge in [0.2, 0.25) is 5.91 Å². The lowest BCUT2D eigenvalue weighted by molar-refractivity contribution is -0.120. The van der Waals surface area contributed by atoms with E-state index in [1.54, 1.807) is 25.3 Å². The van der Waals surface area contributed by atoms with Crippen molar-refractivity contribution in [2.75, 3.05) is 27.9 Å².